The van der Waals surface area contributed by atoms with Crippen LogP contribution >= 0.6 is 0 Å². The van der Waals surface area contributed by atoms with E-state index in [9.17, 15) is 22.8 Å². The topological polar surface area (TPSA) is 38.0 Å². The van der Waals surface area contributed by atoms with Crippen LogP contribution in [-0.4, -0.2) is 11.6 Å². The number of benzene rings is 2. The van der Waals surface area contributed by atoms with Gasteiger partial charge in [0, 0.05) is 23.1 Å². The Hall–Kier alpha value is -3.28. The molecule has 0 saturated carbocycles. The number of Topliss-reactive ketones (excluding diaryl/α,β-unsaturated/α-hetero) is 2. The highest BCUT2D eigenvalue weighted by molar-refractivity contribution is 6.01. The van der Waals surface area contributed by atoms with Crippen LogP contribution in [0.15, 0.2) is 60.9 Å². The lowest BCUT2D eigenvalue weighted by molar-refractivity contribution is -0.688. The Morgan fingerprint density at radius 1 is 1.09 bits per heavy atom. The third-order valence-corrected chi connectivity index (χ3v) is 6.29. The molecule has 1 heterocycles. The maximum atomic E-state index is 13.4. The summed E-state index contributed by atoms with van der Waals surface area (Å²) in [4.78, 5) is 25.4. The minimum atomic E-state index is -4.45. The van der Waals surface area contributed by atoms with E-state index in [1.165, 1.54) is 19.1 Å². The molecule has 1 atom stereocenters. The number of carbonyl (C=O) groups is 2. The number of pyridine rings is 1. The van der Waals surface area contributed by atoms with Crippen LogP contribution in [0.2, 0.25) is 0 Å². The number of ketones is 2. The number of fused-ring (bicyclic) bond motifs is 1. The van der Waals surface area contributed by atoms with E-state index in [1.807, 2.05) is 19.1 Å². The molecule has 1 aliphatic rings. The largest absolute Gasteiger partial charge is 0.416 e. The van der Waals surface area contributed by atoms with Crippen molar-refractivity contribution in [2.75, 3.05) is 0 Å². The van der Waals surface area contributed by atoms with Gasteiger partial charge >= 0.3 is 6.18 Å². The van der Waals surface area contributed by atoms with E-state index in [2.05, 4.69) is 6.07 Å². The Balaban J connectivity index is 1.60. The van der Waals surface area contributed by atoms with Crippen molar-refractivity contribution in [1.82, 2.24) is 0 Å². The van der Waals surface area contributed by atoms with Crippen molar-refractivity contribution in [3.05, 3.63) is 99.9 Å². The first-order valence-electron chi connectivity index (χ1n) is 10.9. The van der Waals surface area contributed by atoms with Crippen molar-refractivity contribution in [2.24, 2.45) is 5.92 Å². The normalized spacial score (nSPS) is 15.9. The fourth-order valence-electron chi connectivity index (χ4n) is 4.60. The summed E-state index contributed by atoms with van der Waals surface area (Å²) in [5, 5.41) is 0. The molecule has 4 rings (SSSR count). The summed E-state index contributed by atoms with van der Waals surface area (Å²) in [5.74, 6) is -0.315. The van der Waals surface area contributed by atoms with Gasteiger partial charge in [0.2, 0.25) is 0 Å². The minimum absolute atomic E-state index is 0.00860. The molecule has 1 aliphatic carbocycles. The summed E-state index contributed by atoms with van der Waals surface area (Å²) in [7, 11) is 0. The molecule has 0 fully saturated rings. The first kappa shape index (κ1) is 22.9. The Labute approximate surface area is 190 Å². The highest BCUT2D eigenvalue weighted by Gasteiger charge is 2.34. The van der Waals surface area contributed by atoms with Gasteiger partial charge in [-0.25, -0.2) is 4.57 Å². The monoisotopic (exact) mass is 452 g/mol. The quantitative estimate of drug-likeness (QED) is 0.377. The van der Waals surface area contributed by atoms with Crippen LogP contribution in [0.25, 0.3) is 0 Å². The lowest BCUT2D eigenvalue weighted by Crippen LogP contribution is -2.36. The number of halogens is 3. The molecular formula is C27H25F3NO2+. The van der Waals surface area contributed by atoms with Gasteiger partial charge in [-0.3, -0.25) is 9.59 Å². The molecule has 0 saturated heterocycles. The van der Waals surface area contributed by atoms with Gasteiger partial charge < -0.3 is 0 Å². The summed E-state index contributed by atoms with van der Waals surface area (Å²) in [6.07, 6.45) is 0.775. The van der Waals surface area contributed by atoms with E-state index in [4.69, 9.17) is 0 Å². The van der Waals surface area contributed by atoms with Crippen molar-refractivity contribution >= 4 is 11.6 Å². The molecule has 0 radical (unpaired) electrons. The number of alkyl halides is 3. The van der Waals surface area contributed by atoms with Gasteiger partial charge in [0.05, 0.1) is 11.1 Å². The average molecular weight is 452 g/mol. The first-order valence-corrected chi connectivity index (χ1v) is 10.9. The lowest BCUT2D eigenvalue weighted by Gasteiger charge is -2.24. The molecule has 0 N–H and O–H groups in total. The van der Waals surface area contributed by atoms with Gasteiger partial charge in [-0.15, -0.1) is 0 Å². The number of hydrogen-bond acceptors (Lipinski definition) is 2. The van der Waals surface area contributed by atoms with Gasteiger partial charge in [-0.1, -0.05) is 42.0 Å². The van der Waals surface area contributed by atoms with Crippen molar-refractivity contribution in [2.45, 2.75) is 45.8 Å². The van der Waals surface area contributed by atoms with E-state index in [0.717, 1.165) is 34.7 Å². The molecule has 1 aromatic heterocycles. The molecule has 0 spiro atoms. The number of rotatable bonds is 5. The Bertz CT molecular complexity index is 1230. The summed E-state index contributed by atoms with van der Waals surface area (Å²) >= 11 is 0. The number of carbonyl (C=O) groups excluding carboxylic acids is 2. The third kappa shape index (κ3) is 4.90. The molecule has 0 aliphatic heterocycles. The van der Waals surface area contributed by atoms with Crippen molar-refractivity contribution in [1.29, 1.82) is 0 Å². The van der Waals surface area contributed by atoms with Gasteiger partial charge in [0.15, 0.2) is 30.5 Å². The molecule has 3 aromatic rings. The Morgan fingerprint density at radius 3 is 2.58 bits per heavy atom. The number of aryl methyl sites for hydroxylation is 2. The van der Waals surface area contributed by atoms with Crippen molar-refractivity contribution in [3.8, 4) is 0 Å². The molecule has 0 bridgehead atoms. The van der Waals surface area contributed by atoms with Gasteiger partial charge in [-0.05, 0) is 50.3 Å². The van der Waals surface area contributed by atoms with E-state index in [-0.39, 0.29) is 29.6 Å². The Morgan fingerprint density at radius 2 is 1.85 bits per heavy atom. The highest BCUT2D eigenvalue weighted by atomic mass is 19.4. The summed E-state index contributed by atoms with van der Waals surface area (Å²) in [6, 6.07) is 13.0. The number of nitrogens with zero attached hydrogens (tertiary/aromatic N) is 1. The first-order chi connectivity index (χ1) is 15.6. The fraction of sp³-hybridized carbons (Fsp3) is 0.296. The second-order valence-corrected chi connectivity index (χ2v) is 8.73. The van der Waals surface area contributed by atoms with Crippen LogP contribution < -0.4 is 4.57 Å². The van der Waals surface area contributed by atoms with E-state index in [1.54, 1.807) is 29.1 Å². The lowest BCUT2D eigenvalue weighted by atomic mass is 9.79. The summed E-state index contributed by atoms with van der Waals surface area (Å²) in [6.45, 7) is 3.43. The molecule has 33 heavy (non-hydrogen) atoms. The number of hydrogen-bond donors (Lipinski definition) is 0. The van der Waals surface area contributed by atoms with Gasteiger partial charge in [0.25, 0.3) is 0 Å². The van der Waals surface area contributed by atoms with E-state index < -0.39 is 11.7 Å². The SMILES string of the molecule is CC(=O)c1c[n+](Cc2ccccc2C(F)(F)F)ccc1CC1CCc2cc(C)ccc2C1=O. The van der Waals surface area contributed by atoms with Crippen LogP contribution in [0.1, 0.15) is 61.9 Å². The summed E-state index contributed by atoms with van der Waals surface area (Å²) < 4.78 is 41.6. The molecule has 6 heteroatoms. The van der Waals surface area contributed by atoms with Crippen LogP contribution in [0.3, 0.4) is 0 Å². The van der Waals surface area contributed by atoms with Gasteiger partial charge in [0.1, 0.15) is 0 Å². The molecule has 1 unspecified atom stereocenters. The van der Waals surface area contributed by atoms with E-state index in [0.29, 0.717) is 18.4 Å². The molecule has 3 nitrogen and oxygen atoms in total. The highest BCUT2D eigenvalue weighted by Crippen LogP contribution is 2.32. The standard InChI is InChI=1S/C27H25F3NO2/c1-17-7-10-23-19(13-17)8-9-21(26(23)33)14-20-11-12-31(16-24(20)18(2)32)15-22-5-3-4-6-25(22)27(28,29)30/h3-7,10-13,16,21H,8-9,14-15H2,1-2H3/q+1. The minimum Gasteiger partial charge on any atom is -0.294 e. The Kier molecular flexibility index (Phi) is 6.19. The zero-order valence-corrected chi connectivity index (χ0v) is 18.6. The van der Waals surface area contributed by atoms with Crippen molar-refractivity contribution in [3.63, 3.8) is 0 Å². The maximum absolute atomic E-state index is 13.4. The number of aromatic nitrogens is 1. The second kappa shape index (κ2) is 8.93. The third-order valence-electron chi connectivity index (χ3n) is 6.29. The van der Waals surface area contributed by atoms with Crippen LogP contribution in [0.5, 0.6) is 0 Å². The molecule has 170 valence electrons. The van der Waals surface area contributed by atoms with Crippen LogP contribution in [0, 0.1) is 12.8 Å². The van der Waals surface area contributed by atoms with Gasteiger partial charge in [-0.2, -0.15) is 13.2 Å². The molecule has 0 amide bonds. The van der Waals surface area contributed by atoms with Crippen LogP contribution in [0.4, 0.5) is 13.2 Å². The predicted octanol–water partition coefficient (Wildman–Crippen LogP) is 5.54. The maximum Gasteiger partial charge on any atom is 0.416 e. The molecule has 2 aromatic carbocycles. The van der Waals surface area contributed by atoms with E-state index >= 15 is 0 Å². The predicted molar refractivity (Wildman–Crippen MR) is 118 cm³/mol. The molecular weight excluding hydrogens is 427 g/mol. The zero-order chi connectivity index (χ0) is 23.8. The average Bonchev–Trinajstić information content (AvgIpc) is 2.76. The fourth-order valence-corrected chi connectivity index (χ4v) is 4.60. The van der Waals surface area contributed by atoms with Crippen molar-refractivity contribution < 1.29 is 27.3 Å². The zero-order valence-electron chi connectivity index (χ0n) is 18.6. The summed E-state index contributed by atoms with van der Waals surface area (Å²) in [5.41, 5.74) is 3.56. The smallest absolute Gasteiger partial charge is 0.294 e. The van der Waals surface area contributed by atoms with Crippen LogP contribution in [-0.2, 0) is 25.6 Å². The second-order valence-electron chi connectivity index (χ2n) is 8.73.